The highest BCUT2D eigenvalue weighted by Crippen LogP contribution is 2.25. The fraction of sp³-hybridized carbons (Fsp3) is 0.333. The van der Waals surface area contributed by atoms with Gasteiger partial charge >= 0.3 is 0 Å². The Morgan fingerprint density at radius 1 is 1.00 bits per heavy atom. The van der Waals surface area contributed by atoms with Gasteiger partial charge in [0, 0.05) is 18.0 Å². The minimum atomic E-state index is -0.659. The van der Waals surface area contributed by atoms with Gasteiger partial charge in [-0.2, -0.15) is 0 Å². The van der Waals surface area contributed by atoms with Crippen LogP contribution >= 0.6 is 0 Å². The van der Waals surface area contributed by atoms with Crippen molar-refractivity contribution in [2.45, 2.75) is 45.8 Å². The molecule has 3 aromatic carbocycles. The number of amides is 2. The van der Waals surface area contributed by atoms with Gasteiger partial charge in [0.15, 0.2) is 6.61 Å². The second-order valence-electron chi connectivity index (χ2n) is 8.13. The van der Waals surface area contributed by atoms with E-state index in [1.54, 1.807) is 18.9 Å². The maximum Gasteiger partial charge on any atom is 0.261 e. The van der Waals surface area contributed by atoms with E-state index in [1.807, 2.05) is 80.6 Å². The van der Waals surface area contributed by atoms with Crippen molar-refractivity contribution in [3.63, 3.8) is 0 Å². The fourth-order valence-corrected chi connectivity index (χ4v) is 3.56. The zero-order valence-corrected chi connectivity index (χ0v) is 19.7. The first-order valence-corrected chi connectivity index (χ1v) is 11.3. The topological polar surface area (TPSA) is 67.9 Å². The minimum Gasteiger partial charge on any atom is -0.497 e. The molecule has 0 fully saturated rings. The summed E-state index contributed by atoms with van der Waals surface area (Å²) in [7, 11) is 1.60. The van der Waals surface area contributed by atoms with Gasteiger partial charge in [-0.25, -0.2) is 0 Å². The SMILES string of the molecule is CC[C@H](C)NC(=O)[C@H](C)N(Cc1cccc(OC)c1)C(=O)COc1cccc2ccccc12. The Kier molecular flexibility index (Phi) is 8.30. The molecule has 0 spiro atoms. The van der Waals surface area contributed by atoms with Crippen LogP contribution in [0.15, 0.2) is 66.7 Å². The van der Waals surface area contributed by atoms with Crippen molar-refractivity contribution in [2.24, 2.45) is 0 Å². The summed E-state index contributed by atoms with van der Waals surface area (Å²) in [5.41, 5.74) is 0.871. The van der Waals surface area contributed by atoms with Crippen LogP contribution in [0.2, 0.25) is 0 Å². The second kappa shape index (κ2) is 11.4. The number of methoxy groups -OCH3 is 1. The Bertz CT molecular complexity index is 1090. The Morgan fingerprint density at radius 2 is 1.73 bits per heavy atom. The molecule has 0 unspecified atom stereocenters. The van der Waals surface area contributed by atoms with Crippen molar-refractivity contribution in [2.75, 3.05) is 13.7 Å². The molecule has 3 rings (SSSR count). The highest BCUT2D eigenvalue weighted by molar-refractivity contribution is 5.90. The van der Waals surface area contributed by atoms with Crippen LogP contribution in [-0.2, 0) is 16.1 Å². The summed E-state index contributed by atoms with van der Waals surface area (Å²) >= 11 is 0. The lowest BCUT2D eigenvalue weighted by Gasteiger charge is -2.29. The van der Waals surface area contributed by atoms with Gasteiger partial charge in [-0.05, 0) is 49.4 Å². The molecule has 6 nitrogen and oxygen atoms in total. The molecule has 1 N–H and O–H groups in total. The summed E-state index contributed by atoms with van der Waals surface area (Å²) in [6, 6.07) is 20.5. The lowest BCUT2D eigenvalue weighted by molar-refractivity contribution is -0.142. The van der Waals surface area contributed by atoms with Crippen LogP contribution in [0.5, 0.6) is 11.5 Å². The Balaban J connectivity index is 1.80. The molecule has 0 heterocycles. The normalized spacial score (nSPS) is 12.6. The van der Waals surface area contributed by atoms with E-state index in [2.05, 4.69) is 5.32 Å². The van der Waals surface area contributed by atoms with Crippen LogP contribution in [0, 0.1) is 0 Å². The third kappa shape index (κ3) is 6.25. The van der Waals surface area contributed by atoms with Crippen molar-refractivity contribution in [3.8, 4) is 11.5 Å². The molecule has 0 radical (unpaired) electrons. The van der Waals surface area contributed by atoms with Gasteiger partial charge in [0.05, 0.1) is 7.11 Å². The van der Waals surface area contributed by atoms with Crippen LogP contribution < -0.4 is 14.8 Å². The van der Waals surface area contributed by atoms with Crippen LogP contribution in [0.3, 0.4) is 0 Å². The summed E-state index contributed by atoms with van der Waals surface area (Å²) in [6.07, 6.45) is 0.812. The molecule has 0 saturated heterocycles. The first kappa shape index (κ1) is 24.1. The van der Waals surface area contributed by atoms with Crippen molar-refractivity contribution < 1.29 is 19.1 Å². The monoisotopic (exact) mass is 448 g/mol. The van der Waals surface area contributed by atoms with Crippen molar-refractivity contribution >= 4 is 22.6 Å². The number of hydrogen-bond donors (Lipinski definition) is 1. The quantitative estimate of drug-likeness (QED) is 0.494. The van der Waals surface area contributed by atoms with Crippen LogP contribution in [0.25, 0.3) is 10.8 Å². The summed E-state index contributed by atoms with van der Waals surface area (Å²) in [5, 5.41) is 4.95. The zero-order chi connectivity index (χ0) is 23.8. The molecule has 0 aliphatic rings. The Hall–Kier alpha value is -3.54. The lowest BCUT2D eigenvalue weighted by Crippen LogP contribution is -2.50. The van der Waals surface area contributed by atoms with Crippen LogP contribution in [0.1, 0.15) is 32.8 Å². The van der Waals surface area contributed by atoms with E-state index in [-0.39, 0.29) is 31.0 Å². The minimum absolute atomic E-state index is 0.0284. The molecular weight excluding hydrogens is 416 g/mol. The molecule has 3 aromatic rings. The van der Waals surface area contributed by atoms with E-state index >= 15 is 0 Å². The molecule has 0 bridgehead atoms. The molecule has 0 aromatic heterocycles. The number of rotatable bonds is 10. The first-order valence-electron chi connectivity index (χ1n) is 11.3. The largest absolute Gasteiger partial charge is 0.497 e. The van der Waals surface area contributed by atoms with E-state index < -0.39 is 6.04 Å². The molecule has 0 aliphatic heterocycles. The summed E-state index contributed by atoms with van der Waals surface area (Å²) in [6.45, 7) is 5.80. The van der Waals surface area contributed by atoms with Crippen molar-refractivity contribution in [1.29, 1.82) is 0 Å². The summed E-state index contributed by atoms with van der Waals surface area (Å²) in [5.74, 6) is 0.881. The molecule has 33 heavy (non-hydrogen) atoms. The van der Waals surface area contributed by atoms with E-state index in [9.17, 15) is 9.59 Å². The van der Waals surface area contributed by atoms with Gasteiger partial charge in [-0.3, -0.25) is 9.59 Å². The third-order valence-corrected chi connectivity index (χ3v) is 5.76. The number of nitrogens with one attached hydrogen (secondary N) is 1. The number of nitrogens with zero attached hydrogens (tertiary/aromatic N) is 1. The lowest BCUT2D eigenvalue weighted by atomic mass is 10.1. The molecule has 2 amide bonds. The maximum atomic E-state index is 13.3. The van der Waals surface area contributed by atoms with Gasteiger partial charge < -0.3 is 19.7 Å². The number of hydrogen-bond acceptors (Lipinski definition) is 4. The van der Waals surface area contributed by atoms with Crippen LogP contribution in [-0.4, -0.2) is 42.5 Å². The fourth-order valence-electron chi connectivity index (χ4n) is 3.56. The predicted molar refractivity (Wildman–Crippen MR) is 130 cm³/mol. The van der Waals surface area contributed by atoms with E-state index in [0.29, 0.717) is 11.5 Å². The number of ether oxygens (including phenoxy) is 2. The Morgan fingerprint density at radius 3 is 2.48 bits per heavy atom. The van der Waals surface area contributed by atoms with Crippen molar-refractivity contribution in [1.82, 2.24) is 10.2 Å². The molecule has 2 atom stereocenters. The molecular formula is C27H32N2O4. The second-order valence-corrected chi connectivity index (χ2v) is 8.13. The van der Waals surface area contributed by atoms with Gasteiger partial charge in [0.25, 0.3) is 5.91 Å². The van der Waals surface area contributed by atoms with Crippen LogP contribution in [0.4, 0.5) is 0 Å². The number of carbonyl (C=O) groups excluding carboxylic acids is 2. The maximum absolute atomic E-state index is 13.3. The van der Waals surface area contributed by atoms with E-state index in [1.165, 1.54) is 0 Å². The number of carbonyl (C=O) groups is 2. The highest BCUT2D eigenvalue weighted by Gasteiger charge is 2.27. The summed E-state index contributed by atoms with van der Waals surface area (Å²) in [4.78, 5) is 27.7. The number of fused-ring (bicyclic) bond motifs is 1. The molecule has 174 valence electrons. The average Bonchev–Trinajstić information content (AvgIpc) is 2.85. The molecule has 0 aliphatic carbocycles. The zero-order valence-electron chi connectivity index (χ0n) is 19.7. The van der Waals surface area contributed by atoms with Crippen molar-refractivity contribution in [3.05, 3.63) is 72.3 Å². The molecule has 6 heteroatoms. The standard InChI is InChI=1S/C27H32N2O4/c1-5-19(2)28-27(31)20(3)29(17-21-10-8-13-23(16-21)32-4)26(30)18-33-25-15-9-12-22-11-6-7-14-24(22)25/h6-16,19-20H,5,17-18H2,1-4H3,(H,28,31)/t19-,20-/m0/s1. The predicted octanol–water partition coefficient (Wildman–Crippen LogP) is 4.56. The Labute approximate surface area is 195 Å². The average molecular weight is 449 g/mol. The first-order chi connectivity index (χ1) is 15.9. The van der Waals surface area contributed by atoms with Gasteiger partial charge in [-0.1, -0.05) is 55.5 Å². The van der Waals surface area contributed by atoms with Gasteiger partial charge in [0.1, 0.15) is 17.5 Å². The number of benzene rings is 3. The smallest absolute Gasteiger partial charge is 0.261 e. The van der Waals surface area contributed by atoms with Gasteiger partial charge in [0.2, 0.25) is 5.91 Å². The van der Waals surface area contributed by atoms with E-state index in [4.69, 9.17) is 9.47 Å². The van der Waals surface area contributed by atoms with Gasteiger partial charge in [-0.15, -0.1) is 0 Å². The highest BCUT2D eigenvalue weighted by atomic mass is 16.5. The summed E-state index contributed by atoms with van der Waals surface area (Å²) < 4.78 is 11.2. The van der Waals surface area contributed by atoms with E-state index in [0.717, 1.165) is 22.8 Å². The third-order valence-electron chi connectivity index (χ3n) is 5.76. The molecule has 0 saturated carbocycles.